The number of rotatable bonds is 5. The fourth-order valence-electron chi connectivity index (χ4n) is 1.89. The van der Waals surface area contributed by atoms with Gasteiger partial charge in [-0.25, -0.2) is 0 Å². The van der Waals surface area contributed by atoms with Gasteiger partial charge in [0, 0.05) is 12.6 Å². The second-order valence-electron chi connectivity index (χ2n) is 5.05. The highest BCUT2D eigenvalue weighted by Gasteiger charge is 2.33. The van der Waals surface area contributed by atoms with E-state index in [2.05, 4.69) is 5.32 Å². The number of halogens is 3. The normalized spacial score (nSPS) is 12.0. The Balaban J connectivity index is 2.72. The van der Waals surface area contributed by atoms with Gasteiger partial charge in [0.05, 0.1) is 12.1 Å². The van der Waals surface area contributed by atoms with Crippen LogP contribution in [0.4, 0.5) is 13.2 Å². The zero-order valence-electron chi connectivity index (χ0n) is 11.8. The first-order chi connectivity index (χ1) is 9.20. The summed E-state index contributed by atoms with van der Waals surface area (Å²) in [6.07, 6.45) is -4.38. The van der Waals surface area contributed by atoms with Crippen LogP contribution in [0.25, 0.3) is 0 Å². The number of nitrogens with zero attached hydrogens (tertiary/aromatic N) is 1. The zero-order valence-corrected chi connectivity index (χ0v) is 11.8. The summed E-state index contributed by atoms with van der Waals surface area (Å²) < 4.78 is 38.5. The number of hydrogen-bond donors (Lipinski definition) is 1. The van der Waals surface area contributed by atoms with Crippen LogP contribution in [0.5, 0.6) is 0 Å². The third-order valence-electron chi connectivity index (χ3n) is 2.63. The molecule has 6 heteroatoms. The van der Waals surface area contributed by atoms with Crippen LogP contribution in [0.2, 0.25) is 0 Å². The zero-order chi connectivity index (χ0) is 15.3. The van der Waals surface area contributed by atoms with E-state index >= 15 is 0 Å². The molecule has 0 aliphatic carbocycles. The first kappa shape index (κ1) is 16.5. The number of alkyl halides is 3. The number of likely N-dealkylation sites (N-methyl/N-ethyl adjacent to an activating group) is 1. The van der Waals surface area contributed by atoms with E-state index in [1.165, 1.54) is 12.1 Å². The highest BCUT2D eigenvalue weighted by molar-refractivity contribution is 5.78. The van der Waals surface area contributed by atoms with E-state index in [-0.39, 0.29) is 30.6 Å². The topological polar surface area (TPSA) is 32.3 Å². The second kappa shape index (κ2) is 6.74. The van der Waals surface area contributed by atoms with Crippen molar-refractivity contribution in [1.82, 2.24) is 10.2 Å². The van der Waals surface area contributed by atoms with Crippen molar-refractivity contribution in [1.29, 1.82) is 0 Å². The molecule has 0 aliphatic rings. The van der Waals surface area contributed by atoms with Gasteiger partial charge in [-0.2, -0.15) is 13.2 Å². The van der Waals surface area contributed by atoms with E-state index < -0.39 is 11.7 Å². The lowest BCUT2D eigenvalue weighted by Gasteiger charge is -2.20. The van der Waals surface area contributed by atoms with E-state index in [0.29, 0.717) is 0 Å². The Kier molecular flexibility index (Phi) is 5.56. The summed E-state index contributed by atoms with van der Waals surface area (Å²) in [5.74, 6) is -0.202. The molecule has 0 saturated heterocycles. The molecule has 1 amide bonds. The summed E-state index contributed by atoms with van der Waals surface area (Å²) >= 11 is 0. The highest BCUT2D eigenvalue weighted by atomic mass is 19.4. The smallest absolute Gasteiger partial charge is 0.353 e. The monoisotopic (exact) mass is 288 g/mol. The lowest BCUT2D eigenvalue weighted by atomic mass is 10.1. The maximum Gasteiger partial charge on any atom is 0.416 e. The van der Waals surface area contributed by atoms with Crippen molar-refractivity contribution in [2.75, 3.05) is 13.6 Å². The molecule has 112 valence electrons. The minimum Gasteiger partial charge on any atom is -0.353 e. The molecular formula is C14H19F3N2O. The molecule has 0 bridgehead atoms. The van der Waals surface area contributed by atoms with Gasteiger partial charge >= 0.3 is 6.18 Å². The second-order valence-corrected chi connectivity index (χ2v) is 5.05. The third-order valence-corrected chi connectivity index (χ3v) is 2.63. The highest BCUT2D eigenvalue weighted by Crippen LogP contribution is 2.32. The molecule has 0 radical (unpaired) electrons. The maximum absolute atomic E-state index is 12.8. The predicted octanol–water partition coefficient (Wildman–Crippen LogP) is 2.66. The Morgan fingerprint density at radius 1 is 1.30 bits per heavy atom. The van der Waals surface area contributed by atoms with Gasteiger partial charge in [0.15, 0.2) is 0 Å². The number of nitrogens with one attached hydrogen (secondary N) is 1. The first-order valence-electron chi connectivity index (χ1n) is 6.33. The van der Waals surface area contributed by atoms with Crippen LogP contribution < -0.4 is 5.32 Å². The van der Waals surface area contributed by atoms with Gasteiger partial charge in [0.1, 0.15) is 0 Å². The fraction of sp³-hybridized carbons (Fsp3) is 0.500. The minimum absolute atomic E-state index is 0.0124. The van der Waals surface area contributed by atoms with E-state index in [1.54, 1.807) is 18.0 Å². The quantitative estimate of drug-likeness (QED) is 0.903. The summed E-state index contributed by atoms with van der Waals surface area (Å²) in [5.41, 5.74) is -0.490. The van der Waals surface area contributed by atoms with Crippen molar-refractivity contribution in [2.45, 2.75) is 32.6 Å². The Morgan fingerprint density at radius 2 is 1.90 bits per heavy atom. The van der Waals surface area contributed by atoms with Gasteiger partial charge < -0.3 is 5.32 Å². The molecule has 0 saturated carbocycles. The van der Waals surface area contributed by atoms with Crippen molar-refractivity contribution >= 4 is 5.91 Å². The first-order valence-corrected chi connectivity index (χ1v) is 6.33. The Morgan fingerprint density at radius 3 is 2.45 bits per heavy atom. The van der Waals surface area contributed by atoms with Crippen LogP contribution in [0.3, 0.4) is 0 Å². The van der Waals surface area contributed by atoms with Crippen LogP contribution in [0.1, 0.15) is 25.0 Å². The van der Waals surface area contributed by atoms with Gasteiger partial charge in [-0.3, -0.25) is 9.69 Å². The Bertz CT molecular complexity index is 458. The molecule has 1 N–H and O–H groups in total. The summed E-state index contributed by atoms with van der Waals surface area (Å²) in [4.78, 5) is 13.1. The van der Waals surface area contributed by atoms with Crippen molar-refractivity contribution in [3.05, 3.63) is 35.4 Å². The predicted molar refractivity (Wildman–Crippen MR) is 71.1 cm³/mol. The molecule has 1 aromatic carbocycles. The van der Waals surface area contributed by atoms with E-state index in [9.17, 15) is 18.0 Å². The molecule has 1 aromatic rings. The number of carbonyl (C=O) groups excluding carboxylic acids is 1. The van der Waals surface area contributed by atoms with Crippen molar-refractivity contribution in [3.8, 4) is 0 Å². The molecule has 0 aliphatic heterocycles. The number of benzene rings is 1. The lowest BCUT2D eigenvalue weighted by molar-refractivity contribution is -0.138. The Hall–Kier alpha value is -1.56. The van der Waals surface area contributed by atoms with Gasteiger partial charge in [-0.1, -0.05) is 18.2 Å². The van der Waals surface area contributed by atoms with Crippen LogP contribution in [0.15, 0.2) is 24.3 Å². The average molecular weight is 288 g/mol. The Labute approximate surface area is 116 Å². The van der Waals surface area contributed by atoms with Gasteiger partial charge in [-0.05, 0) is 32.5 Å². The molecule has 0 aromatic heterocycles. The molecule has 0 atom stereocenters. The third kappa shape index (κ3) is 5.21. The summed E-state index contributed by atoms with van der Waals surface area (Å²) in [6, 6.07) is 5.42. The number of amides is 1. The van der Waals surface area contributed by atoms with Crippen molar-refractivity contribution in [3.63, 3.8) is 0 Å². The summed E-state index contributed by atoms with van der Waals surface area (Å²) in [6.45, 7) is 3.79. The van der Waals surface area contributed by atoms with Crippen LogP contribution >= 0.6 is 0 Å². The van der Waals surface area contributed by atoms with Crippen LogP contribution in [0, 0.1) is 0 Å². The fourth-order valence-corrected chi connectivity index (χ4v) is 1.89. The van der Waals surface area contributed by atoms with Crippen LogP contribution in [-0.2, 0) is 17.5 Å². The molecule has 0 spiro atoms. The van der Waals surface area contributed by atoms with Gasteiger partial charge in [0.2, 0.25) is 5.91 Å². The molecule has 3 nitrogen and oxygen atoms in total. The molecule has 0 heterocycles. The molecule has 0 unspecified atom stereocenters. The molecule has 20 heavy (non-hydrogen) atoms. The summed E-state index contributed by atoms with van der Waals surface area (Å²) in [5, 5.41) is 2.70. The average Bonchev–Trinajstić information content (AvgIpc) is 2.26. The molecule has 0 fully saturated rings. The molecule has 1 rings (SSSR count). The maximum atomic E-state index is 12.8. The standard InChI is InChI=1S/C14H19F3N2O/c1-10(2)18-13(20)9-19(3)8-11-6-4-5-7-12(11)14(15,16)17/h4-7,10H,8-9H2,1-3H3,(H,18,20). The molecular weight excluding hydrogens is 269 g/mol. The largest absolute Gasteiger partial charge is 0.416 e. The van der Waals surface area contributed by atoms with Crippen LogP contribution in [-0.4, -0.2) is 30.4 Å². The van der Waals surface area contributed by atoms with Crippen molar-refractivity contribution in [2.24, 2.45) is 0 Å². The van der Waals surface area contributed by atoms with Gasteiger partial charge in [0.25, 0.3) is 0 Å². The number of carbonyl (C=O) groups is 1. The van der Waals surface area contributed by atoms with E-state index in [0.717, 1.165) is 6.07 Å². The van der Waals surface area contributed by atoms with Gasteiger partial charge in [-0.15, -0.1) is 0 Å². The lowest BCUT2D eigenvalue weighted by Crippen LogP contribution is -2.38. The van der Waals surface area contributed by atoms with E-state index in [1.807, 2.05) is 13.8 Å². The summed E-state index contributed by atoms with van der Waals surface area (Å²) in [7, 11) is 1.62. The number of hydrogen-bond acceptors (Lipinski definition) is 2. The minimum atomic E-state index is -4.38. The van der Waals surface area contributed by atoms with E-state index in [4.69, 9.17) is 0 Å². The SMILES string of the molecule is CC(C)NC(=O)CN(C)Cc1ccccc1C(F)(F)F. The van der Waals surface area contributed by atoms with Crippen molar-refractivity contribution < 1.29 is 18.0 Å².